The smallest absolute Gasteiger partial charge is 0.283 e. The molecule has 0 aromatic heterocycles. The fourth-order valence-electron chi connectivity index (χ4n) is 1.75. The minimum Gasteiger partial charge on any atom is -0.322 e. The molecule has 0 saturated heterocycles. The van der Waals surface area contributed by atoms with Crippen LogP contribution in [-0.2, 0) is 0 Å². The lowest BCUT2D eigenvalue weighted by Gasteiger charge is -2.07. The Morgan fingerprint density at radius 3 is 2.50 bits per heavy atom. The van der Waals surface area contributed by atoms with Crippen molar-refractivity contribution >= 4 is 29.0 Å². The molecule has 0 aliphatic carbocycles. The first-order valence-electron chi connectivity index (χ1n) is 6.01. The molecule has 0 heterocycles. The van der Waals surface area contributed by atoms with Gasteiger partial charge in [-0.3, -0.25) is 14.9 Å². The number of hydrogen-bond donors (Lipinski definition) is 1. The number of amides is 1. The number of hydrogen-bond acceptors (Lipinski definition) is 4. The molecule has 0 spiro atoms. The number of halogens is 2. The fourth-order valence-corrected chi connectivity index (χ4v) is 2.30. The van der Waals surface area contributed by atoms with Crippen molar-refractivity contribution in [2.75, 3.05) is 11.6 Å². The lowest BCUT2D eigenvalue weighted by molar-refractivity contribution is -0.387. The average molecular weight is 324 g/mol. The van der Waals surface area contributed by atoms with Crippen molar-refractivity contribution in [2.45, 2.75) is 4.90 Å². The number of benzene rings is 2. The first-order valence-corrected chi connectivity index (χ1v) is 7.23. The maximum absolute atomic E-state index is 13.1. The molecule has 0 saturated carbocycles. The fraction of sp³-hybridized carbons (Fsp3) is 0.0714. The summed E-state index contributed by atoms with van der Waals surface area (Å²) in [4.78, 5) is 22.8. The highest BCUT2D eigenvalue weighted by molar-refractivity contribution is 7.98. The van der Waals surface area contributed by atoms with Crippen LogP contribution in [0.1, 0.15) is 10.4 Å². The second-order valence-corrected chi connectivity index (χ2v) is 5.07. The van der Waals surface area contributed by atoms with Gasteiger partial charge < -0.3 is 5.32 Å². The van der Waals surface area contributed by atoms with Gasteiger partial charge in [-0.15, -0.1) is 11.8 Å². The van der Waals surface area contributed by atoms with Crippen molar-refractivity contribution in [3.63, 3.8) is 0 Å². The van der Waals surface area contributed by atoms with E-state index in [1.165, 1.54) is 30.0 Å². The number of rotatable bonds is 4. The average Bonchev–Trinajstić information content (AvgIpc) is 2.50. The molecule has 0 unspecified atom stereocenters. The monoisotopic (exact) mass is 324 g/mol. The van der Waals surface area contributed by atoms with Crippen molar-refractivity contribution in [1.29, 1.82) is 0 Å². The number of carbonyl (C=O) groups excluding carboxylic acids is 1. The number of thioether (sulfide) groups is 1. The molecule has 8 heteroatoms. The maximum Gasteiger partial charge on any atom is 0.283 e. The van der Waals surface area contributed by atoms with Gasteiger partial charge in [0.1, 0.15) is 0 Å². The summed E-state index contributed by atoms with van der Waals surface area (Å²) in [6.45, 7) is 0. The third-order valence-electron chi connectivity index (χ3n) is 2.82. The number of nitrogens with one attached hydrogen (secondary N) is 1. The number of anilines is 1. The zero-order chi connectivity index (χ0) is 16.3. The van der Waals surface area contributed by atoms with Crippen LogP contribution in [0.3, 0.4) is 0 Å². The minimum absolute atomic E-state index is 0.0502. The van der Waals surface area contributed by atoms with Gasteiger partial charge in [0.2, 0.25) is 0 Å². The molecule has 0 radical (unpaired) electrons. The van der Waals surface area contributed by atoms with Crippen LogP contribution >= 0.6 is 11.8 Å². The normalized spacial score (nSPS) is 10.3. The van der Waals surface area contributed by atoms with Gasteiger partial charge in [0.25, 0.3) is 11.6 Å². The molecule has 0 aliphatic rings. The van der Waals surface area contributed by atoms with Gasteiger partial charge in [-0.05, 0) is 30.5 Å². The molecule has 0 bridgehead atoms. The first-order chi connectivity index (χ1) is 10.4. The lowest BCUT2D eigenvalue weighted by Crippen LogP contribution is -2.12. The van der Waals surface area contributed by atoms with Crippen LogP contribution in [0.4, 0.5) is 20.2 Å². The van der Waals surface area contributed by atoms with Crippen LogP contribution in [0.25, 0.3) is 0 Å². The molecule has 2 aromatic carbocycles. The molecule has 5 nitrogen and oxygen atoms in total. The number of carbonyl (C=O) groups is 1. The summed E-state index contributed by atoms with van der Waals surface area (Å²) < 4.78 is 25.9. The van der Waals surface area contributed by atoms with Gasteiger partial charge in [-0.25, -0.2) is 8.78 Å². The Hall–Kier alpha value is -2.48. The van der Waals surface area contributed by atoms with Crippen molar-refractivity contribution < 1.29 is 18.5 Å². The zero-order valence-electron chi connectivity index (χ0n) is 11.3. The SMILES string of the molecule is CSc1ccc(C(=O)Nc2ccc(F)c(F)c2)cc1[N+](=O)[O-]. The standard InChI is InChI=1S/C14H10F2N2O3S/c1-22-13-5-2-8(6-12(13)18(20)21)14(19)17-9-3-4-10(15)11(16)7-9/h2-7H,1H3,(H,17,19). The molecular formula is C14H10F2N2O3S. The predicted molar refractivity (Wildman–Crippen MR) is 79.2 cm³/mol. The highest BCUT2D eigenvalue weighted by Gasteiger charge is 2.17. The van der Waals surface area contributed by atoms with Crippen molar-refractivity contribution in [1.82, 2.24) is 0 Å². The summed E-state index contributed by atoms with van der Waals surface area (Å²) in [5, 5.41) is 13.3. The first kappa shape index (κ1) is 15.9. The highest BCUT2D eigenvalue weighted by Crippen LogP contribution is 2.28. The summed E-state index contributed by atoms with van der Waals surface area (Å²) in [6.07, 6.45) is 1.68. The van der Waals surface area contributed by atoms with E-state index in [2.05, 4.69) is 5.32 Å². The molecule has 0 atom stereocenters. The second-order valence-electron chi connectivity index (χ2n) is 4.23. The van der Waals surface area contributed by atoms with E-state index in [4.69, 9.17) is 0 Å². The van der Waals surface area contributed by atoms with E-state index < -0.39 is 22.5 Å². The van der Waals surface area contributed by atoms with E-state index in [0.29, 0.717) is 4.90 Å². The van der Waals surface area contributed by atoms with Gasteiger partial charge in [0.15, 0.2) is 11.6 Å². The summed E-state index contributed by atoms with van der Waals surface area (Å²) in [5.41, 5.74) is -0.0832. The van der Waals surface area contributed by atoms with E-state index in [0.717, 1.165) is 18.2 Å². The minimum atomic E-state index is -1.10. The second kappa shape index (κ2) is 6.52. The van der Waals surface area contributed by atoms with Crippen LogP contribution in [0.5, 0.6) is 0 Å². The van der Waals surface area contributed by atoms with Crippen molar-refractivity contribution in [3.8, 4) is 0 Å². The number of nitrogens with zero attached hydrogens (tertiary/aromatic N) is 1. The van der Waals surface area contributed by atoms with E-state index >= 15 is 0 Å². The molecule has 2 aromatic rings. The molecule has 22 heavy (non-hydrogen) atoms. The van der Waals surface area contributed by atoms with Crippen molar-refractivity contribution in [2.24, 2.45) is 0 Å². The summed E-state index contributed by atoms with van der Waals surface area (Å²) >= 11 is 1.19. The van der Waals surface area contributed by atoms with E-state index in [-0.39, 0.29) is 16.9 Å². The Kier molecular flexibility index (Phi) is 4.71. The Bertz CT molecular complexity index is 753. The maximum atomic E-state index is 13.1. The van der Waals surface area contributed by atoms with Gasteiger partial charge in [0, 0.05) is 23.4 Å². The Morgan fingerprint density at radius 2 is 1.91 bits per heavy atom. The molecule has 2 rings (SSSR count). The molecule has 1 amide bonds. The van der Waals surface area contributed by atoms with Crippen LogP contribution in [0, 0.1) is 21.7 Å². The van der Waals surface area contributed by atoms with E-state index in [9.17, 15) is 23.7 Å². The summed E-state index contributed by atoms with van der Waals surface area (Å²) in [7, 11) is 0. The van der Waals surface area contributed by atoms with Gasteiger partial charge in [-0.2, -0.15) is 0 Å². The Labute approximate surface area is 128 Å². The quantitative estimate of drug-likeness (QED) is 0.527. The molecule has 0 aliphatic heterocycles. The number of nitro groups is 1. The topological polar surface area (TPSA) is 72.2 Å². The Balaban J connectivity index is 2.27. The molecule has 0 fully saturated rings. The Morgan fingerprint density at radius 1 is 1.18 bits per heavy atom. The lowest BCUT2D eigenvalue weighted by atomic mass is 10.2. The summed E-state index contributed by atoms with van der Waals surface area (Å²) in [5.74, 6) is -2.78. The highest BCUT2D eigenvalue weighted by atomic mass is 32.2. The predicted octanol–water partition coefficient (Wildman–Crippen LogP) is 3.85. The molecular weight excluding hydrogens is 314 g/mol. The zero-order valence-corrected chi connectivity index (χ0v) is 12.1. The third kappa shape index (κ3) is 3.40. The van der Waals surface area contributed by atoms with Gasteiger partial charge in [-0.1, -0.05) is 0 Å². The van der Waals surface area contributed by atoms with Crippen molar-refractivity contribution in [3.05, 3.63) is 63.7 Å². The molecule has 1 N–H and O–H groups in total. The largest absolute Gasteiger partial charge is 0.322 e. The third-order valence-corrected chi connectivity index (χ3v) is 3.60. The van der Waals surface area contributed by atoms with Crippen LogP contribution < -0.4 is 5.32 Å². The van der Waals surface area contributed by atoms with Gasteiger partial charge >= 0.3 is 0 Å². The van der Waals surface area contributed by atoms with Crippen LogP contribution in [-0.4, -0.2) is 17.1 Å². The van der Waals surface area contributed by atoms with E-state index in [1.807, 2.05) is 0 Å². The summed E-state index contributed by atoms with van der Waals surface area (Å²) in [6, 6.07) is 6.93. The van der Waals surface area contributed by atoms with Crippen LogP contribution in [0.15, 0.2) is 41.3 Å². The molecule has 114 valence electrons. The van der Waals surface area contributed by atoms with E-state index in [1.54, 1.807) is 6.26 Å². The van der Waals surface area contributed by atoms with Gasteiger partial charge in [0.05, 0.1) is 9.82 Å². The number of nitro benzene ring substituents is 1. The van der Waals surface area contributed by atoms with Crippen LogP contribution in [0.2, 0.25) is 0 Å².